The minimum absolute atomic E-state index is 0.0119. The standard InChI is InChI=1S/C19H32N4O11.C15H25N3O9.C13H22N2O7.C11H18N2O7.C9H10O8.C9H12O7.C7H10O6/c1-14(24)8-20(4-6-22(10-16(27)28)11-17(29)30)2-3-21(9-15(25)26)5-7-23(12-18(31)32)13-19(33)34;1-11(19)6-16(2-4-17(7-12(20)21)8-13(22)23)3-5-18(9-14(24)25)10-15(26)27;1-10(16)8-14(4-2-11(17)18)6-7-15(9-13(21)22)5-3-12(19)20;1-8(14)4-12(5-9(15)16)2-3-13(6-10(17)18)7-11(19)20;10-6(11)2-1-3(7(12)13)5(9(16)17)4(2)8(14)15;1-4(10)2-5(8(13)14)6(9(15)16)3-7(11)12;1-4(8)2-7(13,6(11)12)3-5(9)10/h2-13H2,1H3,(H,25,26)(H,27,28)(H,29,30)(H,31,32)(H,33,34);2-10H2,1H3,(H,20,21)(H,22,23)(H,24,25)(H,26,27);2-9H2,1H3,(H,17,18)(H,19,20)(H,21,22);2-7H2,1H3,(H,15,16)(H,17,18)(H,19,20);2-5H,1H2,(H,10,11)(H,12,13)(H,14,15)(H,16,17);5-6H,2-3H2,1H3,(H,11,12)(H,13,14)(H,15,16);8,13H,1-3H2,(H,9,10)(H,11,12). The molecule has 0 aromatic heterocycles. The first kappa shape index (κ1) is 144. The zero-order valence-electron chi connectivity index (χ0n) is 81.3. The molecule has 1 rings (SSSR count). The van der Waals surface area contributed by atoms with Gasteiger partial charge in [-0.2, -0.15) is 0 Å². The van der Waals surface area contributed by atoms with Crippen LogP contribution in [0.5, 0.6) is 0 Å². The number of nitrogens with zero attached hydrogens (tertiary/aromatic N) is 11. The van der Waals surface area contributed by atoms with E-state index in [0.717, 1.165) is 16.7 Å². The summed E-state index contributed by atoms with van der Waals surface area (Å²) in [7, 11) is 0. The average Bonchev–Trinajstić information content (AvgIpc) is 1.63. The smallest absolute Gasteiger partial charge is 0.336 e. The molecular weight excluding hydrogens is 2030 g/mol. The molecule has 0 radical (unpaired) electrons. The van der Waals surface area contributed by atoms with Crippen LogP contribution in [0.3, 0.4) is 0 Å². The van der Waals surface area contributed by atoms with E-state index in [1.54, 1.807) is 14.7 Å². The van der Waals surface area contributed by atoms with Gasteiger partial charge in [-0.05, 0) is 41.0 Å². The summed E-state index contributed by atoms with van der Waals surface area (Å²) in [6.45, 7) is 5.26. The van der Waals surface area contributed by atoms with Crippen LogP contribution >= 0.6 is 0 Å². The maximum absolute atomic E-state index is 11.6. The van der Waals surface area contributed by atoms with Crippen LogP contribution in [0.15, 0.2) is 12.3 Å². The maximum atomic E-state index is 11.6. The largest absolute Gasteiger partial charge is 0.513 e. The zero-order chi connectivity index (χ0) is 117. The fraction of sp³-hybridized carbons (Fsp3) is 0.627. The maximum Gasteiger partial charge on any atom is 0.336 e. The Balaban J connectivity index is -0.000000408. The highest BCUT2D eigenvalue weighted by molar-refractivity contribution is 5.92. The van der Waals surface area contributed by atoms with Crippen LogP contribution in [0.25, 0.3) is 0 Å². The van der Waals surface area contributed by atoms with Crippen molar-refractivity contribution < 1.29 is 272 Å². The van der Waals surface area contributed by atoms with Crippen molar-refractivity contribution in [1.29, 1.82) is 0 Å². The van der Waals surface area contributed by atoms with Crippen LogP contribution in [0.2, 0.25) is 0 Å². The van der Waals surface area contributed by atoms with Crippen LogP contribution < -0.4 is 0 Å². The second-order valence-electron chi connectivity index (χ2n) is 32.8. The fourth-order valence-corrected chi connectivity index (χ4v) is 13.2. The lowest BCUT2D eigenvalue weighted by Gasteiger charge is -2.29. The number of carbonyl (C=O) groups excluding carboxylic acids is 5. The fourth-order valence-electron chi connectivity index (χ4n) is 13.2. The van der Waals surface area contributed by atoms with Crippen LogP contribution in [-0.2, 0) is 139 Å². The van der Waals surface area contributed by atoms with Crippen LogP contribution in [0.4, 0.5) is 0 Å². The summed E-state index contributed by atoms with van der Waals surface area (Å²) < 4.78 is 0. The van der Waals surface area contributed by atoms with Gasteiger partial charge < -0.3 is 138 Å². The van der Waals surface area contributed by atoms with Gasteiger partial charge >= 0.3 is 143 Å². The molecule has 0 aromatic rings. The number of aliphatic hydroxyl groups is 2. The lowest BCUT2D eigenvalue weighted by Crippen LogP contribution is -2.46. The van der Waals surface area contributed by atoms with Gasteiger partial charge in [-0.3, -0.25) is 183 Å². The van der Waals surface area contributed by atoms with E-state index in [2.05, 4.69) is 6.58 Å². The highest BCUT2D eigenvalue weighted by atomic mass is 16.5. The second kappa shape index (κ2) is 78.1. The Morgan fingerprint density at radius 1 is 0.221 bits per heavy atom. The van der Waals surface area contributed by atoms with E-state index in [-0.39, 0.29) is 173 Å². The number of hydrogen-bond acceptors (Lipinski definition) is 42. The molecule has 7 atom stereocenters. The quantitative estimate of drug-likeness (QED) is 0.0252. The summed E-state index contributed by atoms with van der Waals surface area (Å²) in [6, 6.07) is 0. The minimum Gasteiger partial charge on any atom is -0.513 e. The van der Waals surface area contributed by atoms with Crippen molar-refractivity contribution in [1.82, 2.24) is 53.9 Å². The summed E-state index contributed by atoms with van der Waals surface area (Å²) in [5.41, 5.74) is -2.49. The molecule has 149 heavy (non-hydrogen) atoms. The SMILES string of the molecule is C=C(O)CC(O)(CC(=O)O)C(=O)O.CC(=O)CC(C(=O)O)C(CC(=O)O)C(=O)O.CC(=O)CN(CCC(=O)O)CCN(CCC(=O)O)CC(=O)O.CC(=O)CN(CCN(CC(=O)O)CC(=O)O)CC(=O)O.CC(=O)CN(CCN(CC(=O)O)CC(=O)O)CCN(CC(=O)O)CC(=O)O.CC(=O)CN(CCN(CCN(CC(=O)O)CC(=O)O)CC(=O)O)CCN(CC(=O)O)CC(=O)O.O=C(O)C1CC(C(=O)O)C(C(=O)O)C1C(=O)O. The van der Waals surface area contributed by atoms with E-state index in [9.17, 15) is 144 Å². The van der Waals surface area contributed by atoms with Gasteiger partial charge in [0, 0.05) is 118 Å². The van der Waals surface area contributed by atoms with Crippen LogP contribution in [-0.4, -0.2) is 580 Å². The van der Waals surface area contributed by atoms with Crippen molar-refractivity contribution in [2.75, 3.05) is 216 Å². The highest BCUT2D eigenvalue weighted by Crippen LogP contribution is 2.42. The third-order valence-electron chi connectivity index (χ3n) is 19.2. The molecule has 1 aliphatic carbocycles. The van der Waals surface area contributed by atoms with E-state index in [1.807, 2.05) is 0 Å². The number of aliphatic carboxylic acids is 24. The minimum atomic E-state index is -2.49. The van der Waals surface area contributed by atoms with Crippen molar-refractivity contribution in [2.45, 2.75) is 85.2 Å². The second-order valence-corrected chi connectivity index (χ2v) is 32.8. The summed E-state index contributed by atoms with van der Waals surface area (Å²) in [4.78, 5) is 329. The molecule has 1 aliphatic rings. The monoisotopic (exact) mass is 2160 g/mol. The van der Waals surface area contributed by atoms with Gasteiger partial charge in [0.15, 0.2) is 5.60 Å². The van der Waals surface area contributed by atoms with Gasteiger partial charge in [-0.15, -0.1) is 0 Å². The molecule has 0 aliphatic heterocycles. The molecule has 66 heteroatoms. The lowest BCUT2D eigenvalue weighted by atomic mass is 9.86. The number of Topliss-reactive ketones (excluding diaryl/α,β-unsaturated/α-hetero) is 5. The number of carbonyl (C=O) groups is 29. The van der Waals surface area contributed by atoms with E-state index < -0.39 is 300 Å². The first-order chi connectivity index (χ1) is 68.5. The third-order valence-corrected chi connectivity index (χ3v) is 19.2. The topological polar surface area (TPSA) is 1060 Å². The number of rotatable bonds is 77. The van der Waals surface area contributed by atoms with Gasteiger partial charge in [0.2, 0.25) is 0 Å². The van der Waals surface area contributed by atoms with Crippen LogP contribution in [0.1, 0.15) is 79.6 Å². The Labute approximate surface area is 844 Å². The molecule has 26 N–H and O–H groups in total. The Bertz CT molecular complexity index is 4210. The number of hydrogen-bond donors (Lipinski definition) is 26. The molecular formula is C83H129N11O55. The van der Waals surface area contributed by atoms with Gasteiger partial charge in [0.05, 0.1) is 178 Å². The normalized spacial score (nSPS) is 14.0. The van der Waals surface area contributed by atoms with Crippen molar-refractivity contribution in [3.63, 3.8) is 0 Å². The lowest BCUT2D eigenvalue weighted by molar-refractivity contribution is -0.165. The highest BCUT2D eigenvalue weighted by Gasteiger charge is 2.56. The molecule has 0 aromatic carbocycles. The summed E-state index contributed by atoms with van der Waals surface area (Å²) in [5, 5.41) is 228. The van der Waals surface area contributed by atoms with Crippen molar-refractivity contribution >= 4 is 172 Å². The molecule has 0 heterocycles. The summed E-state index contributed by atoms with van der Waals surface area (Å²) >= 11 is 0. The molecule has 1 fully saturated rings. The molecule has 0 bridgehead atoms. The van der Waals surface area contributed by atoms with Gasteiger partial charge in [-0.1, -0.05) is 6.58 Å². The van der Waals surface area contributed by atoms with Crippen molar-refractivity contribution in [2.24, 2.45) is 35.5 Å². The molecule has 1 saturated carbocycles. The Kier molecular flexibility index (Phi) is 75.6. The summed E-state index contributed by atoms with van der Waals surface area (Å²) in [5.74, 6) is -42.5. The molecule has 7 unspecified atom stereocenters. The molecule has 0 saturated heterocycles. The van der Waals surface area contributed by atoms with Crippen LogP contribution in [0, 0.1) is 35.5 Å². The molecule has 846 valence electrons. The first-order valence-corrected chi connectivity index (χ1v) is 43.3. The Morgan fingerprint density at radius 2 is 0.403 bits per heavy atom. The zero-order valence-corrected chi connectivity index (χ0v) is 81.3. The third kappa shape index (κ3) is 82.6. The van der Waals surface area contributed by atoms with E-state index in [1.165, 1.54) is 57.1 Å². The predicted molar refractivity (Wildman–Crippen MR) is 487 cm³/mol. The van der Waals surface area contributed by atoms with E-state index in [4.69, 9.17) is 128 Å². The number of carboxylic acid groups (broad SMARTS) is 24. The molecule has 66 nitrogen and oxygen atoms in total. The average molecular weight is 2160 g/mol. The predicted octanol–water partition coefficient (Wildman–Crippen LogP) is -8.55. The number of aliphatic hydroxyl groups excluding tert-OH is 1. The first-order valence-electron chi connectivity index (χ1n) is 43.3. The van der Waals surface area contributed by atoms with Gasteiger partial charge in [-0.25, -0.2) is 4.79 Å². The summed E-state index contributed by atoms with van der Waals surface area (Å²) in [6.07, 6.45) is -3.79. The Hall–Kier alpha value is -15.3. The number of carboxylic acids is 24. The van der Waals surface area contributed by atoms with Crippen molar-refractivity contribution in [3.05, 3.63) is 12.3 Å². The van der Waals surface area contributed by atoms with E-state index in [0.29, 0.717) is 6.54 Å². The number of ketones is 5. The molecule has 0 amide bonds. The van der Waals surface area contributed by atoms with Crippen molar-refractivity contribution in [3.8, 4) is 0 Å². The Morgan fingerprint density at radius 3 is 0.564 bits per heavy atom. The molecule has 0 spiro atoms. The van der Waals surface area contributed by atoms with Gasteiger partial charge in [0.25, 0.3) is 0 Å². The van der Waals surface area contributed by atoms with E-state index >= 15 is 0 Å². The van der Waals surface area contributed by atoms with Gasteiger partial charge in [0.1, 0.15) is 28.9 Å².